The number of aromatic nitrogens is 4. The van der Waals surface area contributed by atoms with Gasteiger partial charge in [0.05, 0.1) is 6.04 Å². The van der Waals surface area contributed by atoms with Crippen molar-refractivity contribution in [2.45, 2.75) is 18.9 Å². The third-order valence-corrected chi connectivity index (χ3v) is 3.47. The fourth-order valence-corrected chi connectivity index (χ4v) is 2.73. The van der Waals surface area contributed by atoms with Gasteiger partial charge in [-0.2, -0.15) is 17.0 Å². The molecule has 2 heterocycles. The number of tetrazole rings is 1. The lowest BCUT2D eigenvalue weighted by molar-refractivity contribution is 0.439. The zero-order valence-corrected chi connectivity index (χ0v) is 8.20. The Morgan fingerprint density at radius 2 is 2.58 bits per heavy atom. The Labute approximate surface area is 79.7 Å². The number of nitrogens with zero attached hydrogens (tertiary/aromatic N) is 3. The zero-order chi connectivity index (χ0) is 8.39. The van der Waals surface area contributed by atoms with Gasteiger partial charge in [-0.1, -0.05) is 10.3 Å². The minimum absolute atomic E-state index is 0.478. The highest BCUT2D eigenvalue weighted by Crippen LogP contribution is 2.25. The third kappa shape index (κ3) is 1.54. The van der Waals surface area contributed by atoms with Gasteiger partial charge in [0.15, 0.2) is 0 Å². The van der Waals surface area contributed by atoms with Gasteiger partial charge in [0.2, 0.25) is 4.77 Å². The topological polar surface area (TPSA) is 46.5 Å². The van der Waals surface area contributed by atoms with E-state index >= 15 is 0 Å². The Bertz CT molecular complexity index is 298. The molecule has 1 N–H and O–H groups in total. The van der Waals surface area contributed by atoms with Crippen LogP contribution in [0.4, 0.5) is 0 Å². The highest BCUT2D eigenvalue weighted by atomic mass is 32.2. The van der Waals surface area contributed by atoms with Crippen molar-refractivity contribution >= 4 is 24.0 Å². The molecular formula is C6H10N4S2. The van der Waals surface area contributed by atoms with Crippen molar-refractivity contribution in [3.8, 4) is 0 Å². The molecule has 1 aliphatic rings. The van der Waals surface area contributed by atoms with Crippen LogP contribution in [0.5, 0.6) is 0 Å². The van der Waals surface area contributed by atoms with Crippen LogP contribution in [-0.2, 0) is 0 Å². The Morgan fingerprint density at radius 3 is 3.17 bits per heavy atom. The fourth-order valence-electron chi connectivity index (χ4n) is 1.37. The molecule has 1 saturated heterocycles. The maximum absolute atomic E-state index is 5.02. The molecule has 12 heavy (non-hydrogen) atoms. The summed E-state index contributed by atoms with van der Waals surface area (Å²) in [5, 5.41) is 10.2. The van der Waals surface area contributed by atoms with E-state index in [9.17, 15) is 0 Å². The molecule has 1 fully saturated rings. The average Bonchev–Trinajstić information content (AvgIpc) is 2.53. The summed E-state index contributed by atoms with van der Waals surface area (Å²) in [6, 6.07) is 0.478. The van der Waals surface area contributed by atoms with Crippen LogP contribution in [0.1, 0.15) is 18.9 Å². The molecule has 0 saturated carbocycles. The molecule has 0 aromatic carbocycles. The zero-order valence-electron chi connectivity index (χ0n) is 6.56. The molecule has 0 aliphatic carbocycles. The van der Waals surface area contributed by atoms with Crippen LogP contribution in [0.15, 0.2) is 0 Å². The lowest BCUT2D eigenvalue weighted by Gasteiger charge is -2.20. The summed E-state index contributed by atoms with van der Waals surface area (Å²) in [4.78, 5) is 0. The minimum atomic E-state index is 0.478. The number of hydrogen-bond donors (Lipinski definition) is 1. The molecule has 1 unspecified atom stereocenters. The molecule has 1 aromatic heterocycles. The van der Waals surface area contributed by atoms with E-state index in [1.54, 1.807) is 0 Å². The predicted octanol–water partition coefficient (Wildman–Crippen LogP) is 1.40. The van der Waals surface area contributed by atoms with E-state index in [0.29, 0.717) is 10.8 Å². The SMILES string of the molecule is S=c1nn[nH]n1C1CCCSC1. The van der Waals surface area contributed by atoms with Gasteiger partial charge in [0, 0.05) is 5.75 Å². The van der Waals surface area contributed by atoms with Gasteiger partial charge in [0.1, 0.15) is 0 Å². The van der Waals surface area contributed by atoms with Crippen molar-refractivity contribution in [2.75, 3.05) is 11.5 Å². The van der Waals surface area contributed by atoms with Gasteiger partial charge in [-0.3, -0.25) is 0 Å². The van der Waals surface area contributed by atoms with Crippen LogP contribution in [0.25, 0.3) is 0 Å². The van der Waals surface area contributed by atoms with Gasteiger partial charge in [-0.25, -0.2) is 4.68 Å². The van der Waals surface area contributed by atoms with Crippen molar-refractivity contribution in [3.63, 3.8) is 0 Å². The molecule has 0 bridgehead atoms. The normalized spacial score (nSPS) is 24.2. The number of nitrogens with one attached hydrogen (secondary N) is 1. The maximum atomic E-state index is 5.02. The second-order valence-corrected chi connectivity index (χ2v) is 4.34. The Morgan fingerprint density at radius 1 is 1.67 bits per heavy atom. The summed E-state index contributed by atoms with van der Waals surface area (Å²) in [5.74, 6) is 2.39. The quantitative estimate of drug-likeness (QED) is 0.699. The molecule has 0 amide bonds. The highest BCUT2D eigenvalue weighted by Gasteiger charge is 2.16. The van der Waals surface area contributed by atoms with Crippen LogP contribution in [0.3, 0.4) is 0 Å². The number of hydrogen-bond acceptors (Lipinski definition) is 4. The highest BCUT2D eigenvalue weighted by molar-refractivity contribution is 7.99. The van der Waals surface area contributed by atoms with Crippen molar-refractivity contribution in [1.82, 2.24) is 20.2 Å². The van der Waals surface area contributed by atoms with Crippen LogP contribution in [0.2, 0.25) is 0 Å². The van der Waals surface area contributed by atoms with Crippen molar-refractivity contribution in [1.29, 1.82) is 0 Å². The lowest BCUT2D eigenvalue weighted by atomic mass is 10.2. The molecule has 66 valence electrons. The minimum Gasteiger partial charge on any atom is -0.239 e. The average molecular weight is 202 g/mol. The summed E-state index contributed by atoms with van der Waals surface area (Å²) in [7, 11) is 0. The maximum Gasteiger partial charge on any atom is 0.238 e. The van der Waals surface area contributed by atoms with Crippen molar-refractivity contribution in [3.05, 3.63) is 4.77 Å². The summed E-state index contributed by atoms with van der Waals surface area (Å²) < 4.78 is 2.46. The van der Waals surface area contributed by atoms with E-state index in [1.165, 1.54) is 18.6 Å². The predicted molar refractivity (Wildman–Crippen MR) is 50.8 cm³/mol. The van der Waals surface area contributed by atoms with E-state index in [2.05, 4.69) is 15.5 Å². The van der Waals surface area contributed by atoms with Gasteiger partial charge in [0.25, 0.3) is 0 Å². The number of aromatic amines is 1. The smallest absolute Gasteiger partial charge is 0.238 e. The van der Waals surface area contributed by atoms with Gasteiger partial charge < -0.3 is 0 Å². The van der Waals surface area contributed by atoms with Crippen LogP contribution < -0.4 is 0 Å². The van der Waals surface area contributed by atoms with Crippen LogP contribution in [-0.4, -0.2) is 31.7 Å². The van der Waals surface area contributed by atoms with Crippen LogP contribution >= 0.6 is 24.0 Å². The molecule has 1 aromatic rings. The molecule has 1 atom stereocenters. The molecule has 2 rings (SSSR count). The molecule has 0 radical (unpaired) electrons. The Hall–Kier alpha value is -0.360. The second kappa shape index (κ2) is 3.57. The summed E-state index contributed by atoms with van der Waals surface area (Å²) in [6.45, 7) is 0. The largest absolute Gasteiger partial charge is 0.239 e. The van der Waals surface area contributed by atoms with Crippen molar-refractivity contribution in [2.24, 2.45) is 0 Å². The Kier molecular flexibility index (Phi) is 2.45. The third-order valence-electron chi connectivity index (χ3n) is 2.00. The lowest BCUT2D eigenvalue weighted by Crippen LogP contribution is -2.17. The molecule has 6 heteroatoms. The first-order valence-electron chi connectivity index (χ1n) is 3.95. The summed E-state index contributed by atoms with van der Waals surface area (Å²) >= 11 is 6.98. The van der Waals surface area contributed by atoms with E-state index < -0.39 is 0 Å². The van der Waals surface area contributed by atoms with Gasteiger partial charge in [-0.05, 0) is 30.8 Å². The molecule has 4 nitrogen and oxygen atoms in total. The monoisotopic (exact) mass is 202 g/mol. The first-order chi connectivity index (χ1) is 5.88. The van der Waals surface area contributed by atoms with Crippen LogP contribution in [0, 0.1) is 4.77 Å². The van der Waals surface area contributed by atoms with E-state index in [4.69, 9.17) is 12.2 Å². The first kappa shape index (κ1) is 8.25. The molecule has 1 aliphatic heterocycles. The first-order valence-corrected chi connectivity index (χ1v) is 5.51. The second-order valence-electron chi connectivity index (χ2n) is 2.82. The van der Waals surface area contributed by atoms with Crippen molar-refractivity contribution < 1.29 is 0 Å². The van der Waals surface area contributed by atoms with E-state index in [1.807, 2.05) is 16.4 Å². The number of rotatable bonds is 1. The van der Waals surface area contributed by atoms with E-state index in [-0.39, 0.29) is 0 Å². The molecular weight excluding hydrogens is 192 g/mol. The van der Waals surface area contributed by atoms with Gasteiger partial charge >= 0.3 is 0 Å². The molecule has 0 spiro atoms. The standard InChI is InChI=1S/C6H10N4S2/c11-6-7-8-9-10(6)5-2-1-3-12-4-5/h5H,1-4H2,(H,7,9,11). The number of thioether (sulfide) groups is 1. The summed E-state index contributed by atoms with van der Waals surface area (Å²) in [6.07, 6.45) is 2.45. The number of H-pyrrole nitrogens is 1. The van der Waals surface area contributed by atoms with E-state index in [0.717, 1.165) is 5.75 Å². The Balaban J connectivity index is 2.18. The van der Waals surface area contributed by atoms with Gasteiger partial charge in [-0.15, -0.1) is 0 Å². The fraction of sp³-hybridized carbons (Fsp3) is 0.833. The summed E-state index contributed by atoms with van der Waals surface area (Å²) in [5.41, 5.74) is 0.